The molecule has 1 aromatic rings. The van der Waals surface area contributed by atoms with E-state index in [4.69, 9.17) is 0 Å². The fourth-order valence-electron chi connectivity index (χ4n) is 2.75. The maximum absolute atomic E-state index is 4.67. The van der Waals surface area contributed by atoms with Crippen LogP contribution in [0.5, 0.6) is 0 Å². The molecule has 1 unspecified atom stereocenters. The highest BCUT2D eigenvalue weighted by molar-refractivity contribution is 7.10. The lowest BCUT2D eigenvalue weighted by Crippen LogP contribution is -2.42. The number of guanidine groups is 1. The quantitative estimate of drug-likeness (QED) is 0.598. The summed E-state index contributed by atoms with van der Waals surface area (Å²) in [4.78, 5) is 8.73. The molecule has 1 saturated heterocycles. The Balaban J connectivity index is 1.98. The van der Waals surface area contributed by atoms with Crippen LogP contribution in [-0.4, -0.2) is 43.6 Å². The van der Waals surface area contributed by atoms with Gasteiger partial charge in [-0.15, -0.1) is 11.3 Å². The van der Waals surface area contributed by atoms with Crippen LogP contribution in [0.1, 0.15) is 44.5 Å². The van der Waals surface area contributed by atoms with Crippen molar-refractivity contribution in [2.24, 2.45) is 10.9 Å². The maximum atomic E-state index is 4.67. The molecular formula is C17H30N4S. The van der Waals surface area contributed by atoms with Gasteiger partial charge in [0.1, 0.15) is 0 Å². The molecule has 0 spiro atoms. The van der Waals surface area contributed by atoms with Crippen LogP contribution in [0.4, 0.5) is 0 Å². The van der Waals surface area contributed by atoms with Gasteiger partial charge in [-0.3, -0.25) is 9.89 Å². The lowest BCUT2D eigenvalue weighted by atomic mass is 10.2. The lowest BCUT2D eigenvalue weighted by molar-refractivity contribution is 0.249. The van der Waals surface area contributed by atoms with E-state index in [9.17, 15) is 0 Å². The molecule has 1 aliphatic heterocycles. The van der Waals surface area contributed by atoms with Crippen molar-refractivity contribution in [1.29, 1.82) is 0 Å². The van der Waals surface area contributed by atoms with Crippen molar-refractivity contribution in [2.75, 3.05) is 32.7 Å². The van der Waals surface area contributed by atoms with Gasteiger partial charge in [0.2, 0.25) is 0 Å². The standard InChI is InChI=1S/C17H30N4S/c1-4-18-17(19-12-14(2)3)20-13-15(16-8-7-11-22-16)21-9-5-6-10-21/h7-8,11,14-15H,4-6,9-10,12-13H2,1-3H3,(H2,18,19,20). The summed E-state index contributed by atoms with van der Waals surface area (Å²) in [5, 5.41) is 9.08. The summed E-state index contributed by atoms with van der Waals surface area (Å²) in [6.07, 6.45) is 2.65. The molecule has 2 rings (SSSR count). The molecule has 4 nitrogen and oxygen atoms in total. The first-order valence-corrected chi connectivity index (χ1v) is 9.38. The van der Waals surface area contributed by atoms with E-state index in [0.29, 0.717) is 12.0 Å². The van der Waals surface area contributed by atoms with Crippen LogP contribution >= 0.6 is 11.3 Å². The number of thiophene rings is 1. The highest BCUT2D eigenvalue weighted by Crippen LogP contribution is 2.27. The van der Waals surface area contributed by atoms with Gasteiger partial charge < -0.3 is 10.6 Å². The second-order valence-electron chi connectivity index (χ2n) is 6.27. The second kappa shape index (κ2) is 9.16. The predicted octanol–water partition coefficient (Wildman–Crippen LogP) is 3.10. The second-order valence-corrected chi connectivity index (χ2v) is 7.25. The fourth-order valence-corrected chi connectivity index (χ4v) is 3.61. The molecule has 22 heavy (non-hydrogen) atoms. The minimum Gasteiger partial charge on any atom is -0.357 e. The van der Waals surface area contributed by atoms with E-state index in [-0.39, 0.29) is 0 Å². The average molecular weight is 323 g/mol. The Morgan fingerprint density at radius 2 is 2.09 bits per heavy atom. The maximum Gasteiger partial charge on any atom is 0.191 e. The van der Waals surface area contributed by atoms with E-state index >= 15 is 0 Å². The van der Waals surface area contributed by atoms with Crippen LogP contribution in [0.3, 0.4) is 0 Å². The predicted molar refractivity (Wildman–Crippen MR) is 96.7 cm³/mol. The zero-order chi connectivity index (χ0) is 15.8. The van der Waals surface area contributed by atoms with Crippen LogP contribution in [0.25, 0.3) is 0 Å². The van der Waals surface area contributed by atoms with Gasteiger partial charge in [0.05, 0.1) is 6.04 Å². The number of nitrogens with one attached hydrogen (secondary N) is 2. The molecule has 0 aliphatic carbocycles. The molecule has 124 valence electrons. The zero-order valence-electron chi connectivity index (χ0n) is 14.1. The number of nitrogens with zero attached hydrogens (tertiary/aromatic N) is 2. The summed E-state index contributed by atoms with van der Waals surface area (Å²) in [7, 11) is 0. The van der Waals surface area contributed by atoms with Crippen molar-refractivity contribution in [3.8, 4) is 0 Å². The summed E-state index contributed by atoms with van der Waals surface area (Å²) < 4.78 is 0. The average Bonchev–Trinajstić information content (AvgIpc) is 3.18. The van der Waals surface area contributed by atoms with Crippen molar-refractivity contribution in [2.45, 2.75) is 39.7 Å². The van der Waals surface area contributed by atoms with Gasteiger partial charge in [-0.25, -0.2) is 0 Å². The van der Waals surface area contributed by atoms with Crippen molar-refractivity contribution in [3.63, 3.8) is 0 Å². The Hall–Kier alpha value is -1.07. The van der Waals surface area contributed by atoms with Gasteiger partial charge in [0.25, 0.3) is 0 Å². The normalized spacial score (nSPS) is 17.9. The van der Waals surface area contributed by atoms with Gasteiger partial charge in [-0.05, 0) is 50.2 Å². The van der Waals surface area contributed by atoms with E-state index in [0.717, 1.165) is 25.6 Å². The van der Waals surface area contributed by atoms with E-state index < -0.39 is 0 Å². The molecule has 0 bridgehead atoms. The van der Waals surface area contributed by atoms with Crippen molar-refractivity contribution in [3.05, 3.63) is 22.4 Å². The third kappa shape index (κ3) is 5.29. The van der Waals surface area contributed by atoms with Crippen LogP contribution in [-0.2, 0) is 0 Å². The Morgan fingerprint density at radius 3 is 2.68 bits per heavy atom. The topological polar surface area (TPSA) is 39.7 Å². The number of likely N-dealkylation sites (tertiary alicyclic amines) is 1. The molecule has 0 aromatic carbocycles. The van der Waals surface area contributed by atoms with Crippen molar-refractivity contribution >= 4 is 17.3 Å². The van der Waals surface area contributed by atoms with Crippen molar-refractivity contribution < 1.29 is 0 Å². The molecule has 2 heterocycles. The van der Waals surface area contributed by atoms with Gasteiger partial charge in [0.15, 0.2) is 5.96 Å². The Labute approximate surface area is 139 Å². The minimum absolute atomic E-state index is 0.463. The molecule has 0 radical (unpaired) electrons. The van der Waals surface area contributed by atoms with Crippen LogP contribution in [0, 0.1) is 5.92 Å². The van der Waals surface area contributed by atoms with E-state index in [1.165, 1.54) is 30.8 Å². The van der Waals surface area contributed by atoms with E-state index in [2.05, 4.69) is 58.8 Å². The highest BCUT2D eigenvalue weighted by atomic mass is 32.1. The first-order valence-electron chi connectivity index (χ1n) is 8.50. The Kier molecular flexibility index (Phi) is 7.19. The smallest absolute Gasteiger partial charge is 0.191 e. The van der Waals surface area contributed by atoms with Gasteiger partial charge in [-0.1, -0.05) is 19.9 Å². The molecule has 2 N–H and O–H groups in total. The molecule has 5 heteroatoms. The number of hydrogen-bond acceptors (Lipinski definition) is 3. The number of hydrogen-bond donors (Lipinski definition) is 2. The van der Waals surface area contributed by atoms with Crippen LogP contribution in [0.2, 0.25) is 0 Å². The molecule has 1 atom stereocenters. The van der Waals surface area contributed by atoms with Crippen molar-refractivity contribution in [1.82, 2.24) is 15.5 Å². The Bertz CT molecular complexity index is 436. The third-order valence-electron chi connectivity index (χ3n) is 3.87. The fraction of sp³-hybridized carbons (Fsp3) is 0.706. The molecule has 1 aliphatic rings. The molecule has 0 amide bonds. The summed E-state index contributed by atoms with van der Waals surface area (Å²) in [5.74, 6) is 1.53. The lowest BCUT2D eigenvalue weighted by Gasteiger charge is -2.27. The monoisotopic (exact) mass is 322 g/mol. The van der Waals surface area contributed by atoms with Crippen LogP contribution in [0.15, 0.2) is 22.5 Å². The first kappa shape index (κ1) is 17.3. The van der Waals surface area contributed by atoms with Gasteiger partial charge in [-0.2, -0.15) is 0 Å². The summed E-state index contributed by atoms with van der Waals surface area (Å²) in [5.41, 5.74) is 0. The summed E-state index contributed by atoms with van der Waals surface area (Å²) in [6, 6.07) is 4.87. The van der Waals surface area contributed by atoms with E-state index in [1.54, 1.807) is 0 Å². The summed E-state index contributed by atoms with van der Waals surface area (Å²) in [6.45, 7) is 11.6. The SMILES string of the molecule is CCNC(=NCC(C)C)NCC(c1cccs1)N1CCCC1. The van der Waals surface area contributed by atoms with Gasteiger partial charge in [0, 0.05) is 24.5 Å². The highest BCUT2D eigenvalue weighted by Gasteiger charge is 2.24. The van der Waals surface area contributed by atoms with Crippen LogP contribution < -0.4 is 10.6 Å². The number of rotatable bonds is 7. The molecule has 1 aromatic heterocycles. The zero-order valence-corrected chi connectivity index (χ0v) is 15.0. The number of aliphatic imine (C=N–C) groups is 1. The van der Waals surface area contributed by atoms with E-state index in [1.807, 2.05) is 11.3 Å². The summed E-state index contributed by atoms with van der Waals surface area (Å²) >= 11 is 1.86. The molecule has 1 fully saturated rings. The largest absolute Gasteiger partial charge is 0.357 e. The first-order chi connectivity index (χ1) is 10.7. The van der Waals surface area contributed by atoms with Gasteiger partial charge >= 0.3 is 0 Å². The minimum atomic E-state index is 0.463. The third-order valence-corrected chi connectivity index (χ3v) is 4.85. The Morgan fingerprint density at radius 1 is 1.32 bits per heavy atom. The molecular weight excluding hydrogens is 292 g/mol. The molecule has 0 saturated carbocycles.